The normalized spacial score (nSPS) is 12.3. The molecule has 0 fully saturated rings. The zero-order valence-electron chi connectivity index (χ0n) is 10.8. The van der Waals surface area contributed by atoms with Crippen LogP contribution in [-0.4, -0.2) is 24.0 Å². The van der Waals surface area contributed by atoms with E-state index in [0.29, 0.717) is 12.8 Å². The first-order valence-electron chi connectivity index (χ1n) is 6.02. The largest absolute Gasteiger partial charge is 0.469 e. The van der Waals surface area contributed by atoms with Gasteiger partial charge in [-0.2, -0.15) is 0 Å². The Morgan fingerprint density at radius 3 is 2.63 bits per heavy atom. The second kappa shape index (κ2) is 8.02. The van der Waals surface area contributed by atoms with Gasteiger partial charge in [0.1, 0.15) is 0 Å². The molecule has 1 unspecified atom stereocenters. The Bertz CT molecular complexity index is 442. The molecule has 102 valence electrons. The van der Waals surface area contributed by atoms with Crippen LogP contribution in [0.4, 0.5) is 0 Å². The maximum atomic E-state index is 11.0. The number of rotatable bonds is 7. The molecule has 0 N–H and O–H groups in total. The number of hydrogen-bond acceptors (Lipinski definition) is 4. The van der Waals surface area contributed by atoms with Crippen molar-refractivity contribution in [1.82, 2.24) is 0 Å². The summed E-state index contributed by atoms with van der Waals surface area (Å²) in [4.78, 5) is 21.6. The molecule has 0 radical (unpaired) electrons. The van der Waals surface area contributed by atoms with E-state index in [1.165, 1.54) is 7.11 Å². The van der Waals surface area contributed by atoms with Crippen molar-refractivity contribution in [2.45, 2.75) is 25.3 Å². The molecule has 19 heavy (non-hydrogen) atoms. The molecule has 1 aromatic rings. The van der Waals surface area contributed by atoms with Crippen molar-refractivity contribution in [3.8, 4) is 0 Å². The van der Waals surface area contributed by atoms with Crippen molar-refractivity contribution in [2.24, 2.45) is 0 Å². The van der Waals surface area contributed by atoms with Crippen LogP contribution in [-0.2, 0) is 16.0 Å². The lowest BCUT2D eigenvalue weighted by molar-refractivity contribution is -0.521. The van der Waals surface area contributed by atoms with Crippen molar-refractivity contribution in [3.05, 3.63) is 58.2 Å². The lowest BCUT2D eigenvalue weighted by Crippen LogP contribution is -2.21. The first-order valence-corrected chi connectivity index (χ1v) is 6.02. The van der Waals surface area contributed by atoms with Crippen molar-refractivity contribution in [3.63, 3.8) is 0 Å². The molecule has 1 aromatic carbocycles. The molecule has 0 saturated carbocycles. The Hall–Kier alpha value is -2.17. The first-order chi connectivity index (χ1) is 9.13. The van der Waals surface area contributed by atoms with E-state index in [1.807, 2.05) is 30.3 Å². The summed E-state index contributed by atoms with van der Waals surface area (Å²) >= 11 is 0. The van der Waals surface area contributed by atoms with Crippen LogP contribution in [0.15, 0.2) is 42.5 Å². The standard InChI is InChI=1S/C14H17NO4/c1-19-14(16)10-6-5-9-13(15(17)18)11-12-7-3-2-4-8-12/h2-8,13H,9-11H2,1H3/b6-5+. The van der Waals surface area contributed by atoms with Gasteiger partial charge in [0.15, 0.2) is 0 Å². The Kier molecular flexibility index (Phi) is 6.29. The number of nitrogens with zero attached hydrogens (tertiary/aromatic N) is 1. The Morgan fingerprint density at radius 2 is 2.05 bits per heavy atom. The number of ether oxygens (including phenoxy) is 1. The molecular weight excluding hydrogens is 246 g/mol. The molecule has 0 heterocycles. The molecule has 5 heteroatoms. The number of carbonyl (C=O) groups is 1. The van der Waals surface area contributed by atoms with Gasteiger partial charge in [-0.25, -0.2) is 0 Å². The molecule has 1 atom stereocenters. The van der Waals surface area contributed by atoms with Crippen LogP contribution in [0.2, 0.25) is 0 Å². The summed E-state index contributed by atoms with van der Waals surface area (Å²) in [6, 6.07) is 8.67. The quantitative estimate of drug-likeness (QED) is 0.328. The number of carbonyl (C=O) groups excluding carboxylic acids is 1. The lowest BCUT2D eigenvalue weighted by Gasteiger charge is -2.07. The number of benzene rings is 1. The fraction of sp³-hybridized carbons (Fsp3) is 0.357. The van der Waals surface area contributed by atoms with Gasteiger partial charge in [0.25, 0.3) is 0 Å². The Labute approximate surface area is 112 Å². The maximum absolute atomic E-state index is 11.0. The fourth-order valence-electron chi connectivity index (χ4n) is 1.65. The van der Waals surface area contributed by atoms with Crippen LogP contribution in [0, 0.1) is 10.1 Å². The van der Waals surface area contributed by atoms with E-state index in [2.05, 4.69) is 4.74 Å². The molecule has 0 amide bonds. The number of hydrogen-bond donors (Lipinski definition) is 0. The van der Waals surface area contributed by atoms with E-state index in [-0.39, 0.29) is 17.3 Å². The smallest absolute Gasteiger partial charge is 0.309 e. The SMILES string of the molecule is COC(=O)C/C=C/CC(Cc1ccccc1)[N+](=O)[O-]. The van der Waals surface area contributed by atoms with Crippen molar-refractivity contribution in [2.75, 3.05) is 7.11 Å². The van der Waals surface area contributed by atoms with E-state index < -0.39 is 6.04 Å². The van der Waals surface area contributed by atoms with E-state index in [9.17, 15) is 14.9 Å². The molecule has 0 aromatic heterocycles. The Morgan fingerprint density at radius 1 is 1.37 bits per heavy atom. The van der Waals surface area contributed by atoms with Gasteiger partial charge in [0.05, 0.1) is 13.5 Å². The third-order valence-electron chi connectivity index (χ3n) is 2.70. The van der Waals surface area contributed by atoms with E-state index in [0.717, 1.165) is 5.56 Å². The summed E-state index contributed by atoms with van der Waals surface area (Å²) in [6.45, 7) is 0. The molecule has 1 rings (SSSR count). The third-order valence-corrected chi connectivity index (χ3v) is 2.70. The summed E-state index contributed by atoms with van der Waals surface area (Å²) in [6.07, 6.45) is 4.10. The highest BCUT2D eigenvalue weighted by atomic mass is 16.6. The highest BCUT2D eigenvalue weighted by Crippen LogP contribution is 2.09. The molecule has 5 nitrogen and oxygen atoms in total. The van der Waals surface area contributed by atoms with Gasteiger partial charge in [-0.15, -0.1) is 0 Å². The summed E-state index contributed by atoms with van der Waals surface area (Å²) in [7, 11) is 1.31. The highest BCUT2D eigenvalue weighted by molar-refractivity contribution is 5.70. The van der Waals surface area contributed by atoms with Gasteiger partial charge in [0, 0.05) is 17.8 Å². The molecular formula is C14H17NO4. The van der Waals surface area contributed by atoms with Gasteiger partial charge in [0.2, 0.25) is 6.04 Å². The zero-order valence-corrected chi connectivity index (χ0v) is 10.8. The van der Waals surface area contributed by atoms with Gasteiger partial charge in [-0.05, 0) is 5.56 Å². The van der Waals surface area contributed by atoms with Crippen LogP contribution < -0.4 is 0 Å². The predicted octanol–water partition coefficient (Wildman–Crippen LogP) is 2.38. The van der Waals surface area contributed by atoms with E-state index in [4.69, 9.17) is 0 Å². The monoisotopic (exact) mass is 263 g/mol. The topological polar surface area (TPSA) is 69.4 Å². The summed E-state index contributed by atoms with van der Waals surface area (Å²) in [5.41, 5.74) is 0.936. The molecule has 0 spiro atoms. The van der Waals surface area contributed by atoms with Gasteiger partial charge >= 0.3 is 5.97 Å². The summed E-state index contributed by atoms with van der Waals surface area (Å²) in [5, 5.41) is 11.0. The predicted molar refractivity (Wildman–Crippen MR) is 71.3 cm³/mol. The number of methoxy groups -OCH3 is 1. The highest BCUT2D eigenvalue weighted by Gasteiger charge is 2.18. The van der Waals surface area contributed by atoms with Gasteiger partial charge in [-0.3, -0.25) is 14.9 Å². The minimum atomic E-state index is -0.670. The van der Waals surface area contributed by atoms with Crippen molar-refractivity contribution >= 4 is 5.97 Å². The third kappa shape index (κ3) is 5.81. The maximum Gasteiger partial charge on any atom is 0.309 e. The van der Waals surface area contributed by atoms with Crippen molar-refractivity contribution in [1.29, 1.82) is 0 Å². The molecule has 0 aliphatic rings. The van der Waals surface area contributed by atoms with E-state index in [1.54, 1.807) is 12.2 Å². The summed E-state index contributed by atoms with van der Waals surface area (Å²) < 4.78 is 4.48. The van der Waals surface area contributed by atoms with Gasteiger partial charge < -0.3 is 4.74 Å². The Balaban J connectivity index is 2.50. The molecule has 0 saturated heterocycles. The average molecular weight is 263 g/mol. The van der Waals surface area contributed by atoms with E-state index >= 15 is 0 Å². The van der Waals surface area contributed by atoms with Crippen LogP contribution in [0.5, 0.6) is 0 Å². The van der Waals surface area contributed by atoms with Crippen molar-refractivity contribution < 1.29 is 14.5 Å². The first kappa shape index (κ1) is 14.9. The fourth-order valence-corrected chi connectivity index (χ4v) is 1.65. The summed E-state index contributed by atoms with van der Waals surface area (Å²) in [5.74, 6) is -0.350. The second-order valence-electron chi connectivity index (χ2n) is 4.12. The average Bonchev–Trinajstić information content (AvgIpc) is 2.42. The lowest BCUT2D eigenvalue weighted by atomic mass is 10.0. The minimum absolute atomic E-state index is 0.145. The van der Waals surface area contributed by atoms with Crippen LogP contribution >= 0.6 is 0 Å². The van der Waals surface area contributed by atoms with Crippen LogP contribution in [0.25, 0.3) is 0 Å². The van der Waals surface area contributed by atoms with Gasteiger partial charge in [-0.1, -0.05) is 42.5 Å². The number of nitro groups is 1. The molecule has 0 aliphatic carbocycles. The van der Waals surface area contributed by atoms with Crippen LogP contribution in [0.1, 0.15) is 18.4 Å². The molecule has 0 aliphatic heterocycles. The zero-order chi connectivity index (χ0) is 14.1. The number of esters is 1. The van der Waals surface area contributed by atoms with Crippen LogP contribution in [0.3, 0.4) is 0 Å². The molecule has 0 bridgehead atoms. The second-order valence-corrected chi connectivity index (χ2v) is 4.12. The minimum Gasteiger partial charge on any atom is -0.469 e.